The summed E-state index contributed by atoms with van der Waals surface area (Å²) >= 11 is 0. The second-order valence-electron chi connectivity index (χ2n) is 4.77. The Kier molecular flexibility index (Phi) is 4.78. The highest BCUT2D eigenvalue weighted by Crippen LogP contribution is 2.29. The predicted octanol–water partition coefficient (Wildman–Crippen LogP) is 1.70. The summed E-state index contributed by atoms with van der Waals surface area (Å²) in [6.45, 7) is 1.36. The molecule has 0 aliphatic carbocycles. The van der Waals surface area contributed by atoms with E-state index in [1.54, 1.807) is 0 Å². The Balaban J connectivity index is 2.33. The Hall–Kier alpha value is -3.43. The van der Waals surface area contributed by atoms with Crippen molar-refractivity contribution in [1.29, 1.82) is 0 Å². The average Bonchev–Trinajstić information content (AvgIpc) is 3.03. The summed E-state index contributed by atoms with van der Waals surface area (Å²) in [6.07, 6.45) is 1.27. The molecule has 0 radical (unpaired) electrons. The topological polar surface area (TPSA) is 137 Å². The monoisotopic (exact) mass is 334 g/mol. The highest BCUT2D eigenvalue weighted by molar-refractivity contribution is 6.04. The number of nitrogens with zero attached hydrogens (tertiary/aromatic N) is 3. The van der Waals surface area contributed by atoms with E-state index in [-0.39, 0.29) is 22.8 Å². The molecule has 126 valence electrons. The number of hydrogen-bond donors (Lipinski definition) is 2. The van der Waals surface area contributed by atoms with E-state index < -0.39 is 22.8 Å². The van der Waals surface area contributed by atoms with Crippen LogP contribution in [0.25, 0.3) is 0 Å². The number of carboxylic acids is 1. The number of benzene rings is 1. The van der Waals surface area contributed by atoms with Gasteiger partial charge in [0.15, 0.2) is 0 Å². The molecule has 24 heavy (non-hydrogen) atoms. The molecule has 2 aromatic rings. The van der Waals surface area contributed by atoms with Crippen molar-refractivity contribution in [2.24, 2.45) is 0 Å². The lowest BCUT2D eigenvalue weighted by Crippen LogP contribution is -2.24. The summed E-state index contributed by atoms with van der Waals surface area (Å²) in [5.74, 6) is -1.61. The summed E-state index contributed by atoms with van der Waals surface area (Å²) in [4.78, 5) is 33.9. The molecular weight excluding hydrogens is 320 g/mol. The quantitative estimate of drug-likeness (QED) is 0.606. The van der Waals surface area contributed by atoms with Gasteiger partial charge in [-0.2, -0.15) is 5.10 Å². The minimum absolute atomic E-state index is 0.0324. The van der Waals surface area contributed by atoms with Crippen molar-refractivity contribution in [3.05, 3.63) is 46.3 Å². The molecule has 0 saturated carbocycles. The molecule has 1 heterocycles. The fraction of sp³-hybridized carbons (Fsp3) is 0.214. The van der Waals surface area contributed by atoms with Gasteiger partial charge < -0.3 is 15.2 Å². The van der Waals surface area contributed by atoms with Gasteiger partial charge in [0.2, 0.25) is 0 Å². The van der Waals surface area contributed by atoms with Crippen LogP contribution in [0.3, 0.4) is 0 Å². The molecule has 0 saturated heterocycles. The van der Waals surface area contributed by atoms with E-state index in [0.29, 0.717) is 0 Å². The number of anilines is 1. The first-order chi connectivity index (χ1) is 11.3. The maximum absolute atomic E-state index is 12.3. The van der Waals surface area contributed by atoms with Crippen LogP contribution in [0.15, 0.2) is 30.5 Å². The van der Waals surface area contributed by atoms with E-state index in [9.17, 15) is 19.7 Å². The maximum Gasteiger partial charge on any atom is 0.328 e. The minimum Gasteiger partial charge on any atom is -0.496 e. The van der Waals surface area contributed by atoms with E-state index in [1.807, 2.05) is 0 Å². The van der Waals surface area contributed by atoms with E-state index in [0.717, 1.165) is 4.68 Å². The smallest absolute Gasteiger partial charge is 0.328 e. The number of rotatable bonds is 6. The number of amides is 1. The summed E-state index contributed by atoms with van der Waals surface area (Å²) in [5, 5.41) is 26.4. The van der Waals surface area contributed by atoms with Gasteiger partial charge >= 0.3 is 5.97 Å². The van der Waals surface area contributed by atoms with Gasteiger partial charge in [-0.15, -0.1) is 0 Å². The minimum atomic E-state index is -1.16. The number of carbonyl (C=O) groups is 2. The second-order valence-corrected chi connectivity index (χ2v) is 4.77. The van der Waals surface area contributed by atoms with Gasteiger partial charge in [-0.05, 0) is 25.1 Å². The molecule has 2 rings (SSSR count). The number of nitrogens with one attached hydrogen (secondary N) is 1. The third kappa shape index (κ3) is 3.32. The van der Waals surface area contributed by atoms with Crippen LogP contribution in [0.2, 0.25) is 0 Å². The van der Waals surface area contributed by atoms with Gasteiger partial charge in [0, 0.05) is 6.20 Å². The summed E-state index contributed by atoms with van der Waals surface area (Å²) < 4.78 is 5.94. The lowest BCUT2D eigenvalue weighted by Gasteiger charge is -2.12. The lowest BCUT2D eigenvalue weighted by molar-refractivity contribution is -0.384. The fourth-order valence-corrected chi connectivity index (χ4v) is 1.99. The standard InChI is InChI=1S/C14H14N4O6/c1-8(14(20)21)17-11(5-6-15-17)13(19)16-10-4-3-9(24-2)7-12(10)18(22)23/h3-8H,1-2H3,(H,16,19)(H,20,21). The molecule has 0 bridgehead atoms. The Morgan fingerprint density at radius 1 is 1.42 bits per heavy atom. The molecule has 10 heteroatoms. The fourth-order valence-electron chi connectivity index (χ4n) is 1.99. The van der Waals surface area contributed by atoms with E-state index in [2.05, 4.69) is 10.4 Å². The largest absolute Gasteiger partial charge is 0.496 e. The maximum atomic E-state index is 12.3. The molecule has 0 aliphatic heterocycles. The zero-order chi connectivity index (χ0) is 17.9. The summed E-state index contributed by atoms with van der Waals surface area (Å²) in [6, 6.07) is 4.22. The van der Waals surface area contributed by atoms with Gasteiger partial charge in [-0.3, -0.25) is 14.9 Å². The number of nitro groups is 1. The first-order valence-electron chi connectivity index (χ1n) is 6.75. The number of ether oxygens (including phenoxy) is 1. The lowest BCUT2D eigenvalue weighted by atomic mass is 10.2. The number of carboxylic acid groups (broad SMARTS) is 1. The predicted molar refractivity (Wildman–Crippen MR) is 82.2 cm³/mol. The van der Waals surface area contributed by atoms with Gasteiger partial charge in [0.25, 0.3) is 11.6 Å². The van der Waals surface area contributed by atoms with Gasteiger partial charge in [0.05, 0.1) is 18.1 Å². The zero-order valence-electron chi connectivity index (χ0n) is 12.8. The van der Waals surface area contributed by atoms with Crippen molar-refractivity contribution in [2.45, 2.75) is 13.0 Å². The number of aromatic nitrogens is 2. The van der Waals surface area contributed by atoms with E-state index >= 15 is 0 Å². The molecule has 0 aliphatic rings. The van der Waals surface area contributed by atoms with Crippen LogP contribution >= 0.6 is 0 Å². The third-order valence-corrected chi connectivity index (χ3v) is 3.28. The van der Waals surface area contributed by atoms with Gasteiger partial charge in [-0.25, -0.2) is 9.48 Å². The van der Waals surface area contributed by atoms with Crippen molar-refractivity contribution < 1.29 is 24.4 Å². The van der Waals surface area contributed by atoms with Crippen LogP contribution in [0.4, 0.5) is 11.4 Å². The molecule has 2 N–H and O–H groups in total. The molecule has 0 spiro atoms. The Morgan fingerprint density at radius 2 is 2.12 bits per heavy atom. The third-order valence-electron chi connectivity index (χ3n) is 3.28. The molecule has 1 atom stereocenters. The molecular formula is C14H14N4O6. The first-order valence-corrected chi connectivity index (χ1v) is 6.75. The van der Waals surface area contributed by atoms with Crippen LogP contribution in [-0.4, -0.2) is 38.8 Å². The first kappa shape index (κ1) is 16.9. The SMILES string of the molecule is COc1ccc(NC(=O)c2ccnn2C(C)C(=O)O)c([N+](=O)[O-])c1. The Morgan fingerprint density at radius 3 is 2.71 bits per heavy atom. The molecule has 0 fully saturated rings. The number of aliphatic carboxylic acids is 1. The molecule has 1 amide bonds. The molecule has 10 nitrogen and oxygen atoms in total. The molecule has 1 unspecified atom stereocenters. The number of nitro benzene ring substituents is 1. The van der Waals surface area contributed by atoms with Crippen molar-refractivity contribution in [3.8, 4) is 5.75 Å². The van der Waals surface area contributed by atoms with Crippen molar-refractivity contribution in [3.63, 3.8) is 0 Å². The van der Waals surface area contributed by atoms with Crippen molar-refractivity contribution in [1.82, 2.24) is 9.78 Å². The Bertz CT molecular complexity index is 800. The second kappa shape index (κ2) is 6.77. The normalized spacial score (nSPS) is 11.6. The number of methoxy groups -OCH3 is 1. The van der Waals surface area contributed by atoms with Crippen LogP contribution in [0.5, 0.6) is 5.75 Å². The van der Waals surface area contributed by atoms with Crippen LogP contribution in [-0.2, 0) is 4.79 Å². The summed E-state index contributed by atoms with van der Waals surface area (Å²) in [7, 11) is 1.36. The van der Waals surface area contributed by atoms with E-state index in [1.165, 1.54) is 44.5 Å². The highest BCUT2D eigenvalue weighted by atomic mass is 16.6. The molecule has 1 aromatic carbocycles. The number of carbonyl (C=O) groups excluding carboxylic acids is 1. The van der Waals surface area contributed by atoms with Crippen molar-refractivity contribution >= 4 is 23.3 Å². The Labute approximate surface area is 135 Å². The van der Waals surface area contributed by atoms with Gasteiger partial charge in [-0.1, -0.05) is 0 Å². The zero-order valence-corrected chi connectivity index (χ0v) is 12.8. The average molecular weight is 334 g/mol. The van der Waals surface area contributed by atoms with Crippen LogP contribution < -0.4 is 10.1 Å². The number of hydrogen-bond acceptors (Lipinski definition) is 6. The van der Waals surface area contributed by atoms with Crippen LogP contribution in [0.1, 0.15) is 23.5 Å². The van der Waals surface area contributed by atoms with E-state index in [4.69, 9.17) is 9.84 Å². The van der Waals surface area contributed by atoms with Crippen LogP contribution in [0, 0.1) is 10.1 Å². The molecule has 1 aromatic heterocycles. The summed E-state index contributed by atoms with van der Waals surface area (Å²) in [5.41, 5.74) is -0.420. The van der Waals surface area contributed by atoms with Crippen molar-refractivity contribution in [2.75, 3.05) is 12.4 Å². The highest BCUT2D eigenvalue weighted by Gasteiger charge is 2.23. The van der Waals surface area contributed by atoms with Gasteiger partial charge in [0.1, 0.15) is 23.2 Å².